The zero-order valence-electron chi connectivity index (χ0n) is 32.5. The van der Waals surface area contributed by atoms with Crippen molar-refractivity contribution in [2.45, 2.75) is 107 Å². The van der Waals surface area contributed by atoms with E-state index in [4.69, 9.17) is 23.7 Å². The Bertz CT molecular complexity index is 2060. The molecule has 18 heteroatoms. The molecule has 6 rings (SSSR count). The van der Waals surface area contributed by atoms with E-state index in [1.165, 1.54) is 17.1 Å². The van der Waals surface area contributed by atoms with Gasteiger partial charge < -0.3 is 39.2 Å². The largest absolute Gasteiger partial charge is 0.497 e. The summed E-state index contributed by atoms with van der Waals surface area (Å²) in [4.78, 5) is 74.1. The zero-order chi connectivity index (χ0) is 41.1. The predicted octanol–water partition coefficient (Wildman–Crippen LogP) is 2.78. The molecule has 0 bridgehead atoms. The highest BCUT2D eigenvalue weighted by Crippen LogP contribution is 2.46. The molecule has 17 nitrogen and oxygen atoms in total. The quantitative estimate of drug-likeness (QED) is 0.189. The number of aromatic nitrogens is 1. The highest BCUT2D eigenvalue weighted by atomic mass is 32.2. The molecule has 2 unspecified atom stereocenters. The van der Waals surface area contributed by atoms with Crippen LogP contribution in [-0.4, -0.2) is 109 Å². The molecule has 3 N–H and O–H groups in total. The van der Waals surface area contributed by atoms with Gasteiger partial charge in [-0.1, -0.05) is 18.2 Å². The maximum atomic E-state index is 14.6. The van der Waals surface area contributed by atoms with Crippen molar-refractivity contribution in [3.63, 3.8) is 0 Å². The van der Waals surface area contributed by atoms with Crippen molar-refractivity contribution in [3.05, 3.63) is 54.8 Å². The van der Waals surface area contributed by atoms with Crippen molar-refractivity contribution in [3.8, 4) is 11.6 Å². The topological polar surface area (TPSA) is 218 Å². The number of pyridine rings is 1. The lowest BCUT2D eigenvalue weighted by molar-refractivity contribution is -0.177. The second kappa shape index (κ2) is 16.7. The summed E-state index contributed by atoms with van der Waals surface area (Å²) in [6.07, 6.45) is 6.02. The van der Waals surface area contributed by atoms with Gasteiger partial charge in [-0.05, 0) is 83.0 Å². The molecule has 6 atom stereocenters. The summed E-state index contributed by atoms with van der Waals surface area (Å²) in [5, 5.41) is 6.09. The van der Waals surface area contributed by atoms with Crippen LogP contribution in [0.3, 0.4) is 0 Å². The lowest BCUT2D eigenvalue weighted by Gasteiger charge is -2.30. The normalized spacial score (nSPS) is 27.5. The molecule has 1 saturated heterocycles. The van der Waals surface area contributed by atoms with Gasteiger partial charge in [-0.3, -0.25) is 19.1 Å². The Labute approximate surface area is 330 Å². The van der Waals surface area contributed by atoms with E-state index in [-0.39, 0.29) is 38.1 Å². The maximum Gasteiger partial charge on any atom is 0.408 e. The van der Waals surface area contributed by atoms with Crippen LogP contribution in [0, 0.1) is 5.92 Å². The van der Waals surface area contributed by atoms with Crippen molar-refractivity contribution in [1.82, 2.24) is 25.2 Å². The Balaban J connectivity index is 1.35. The number of carbonyl (C=O) groups excluding carboxylic acids is 5. The number of methoxy groups -OCH3 is 1. The lowest BCUT2D eigenvalue weighted by Crippen LogP contribution is -2.59. The minimum absolute atomic E-state index is 0.0615. The first-order chi connectivity index (χ1) is 27.0. The summed E-state index contributed by atoms with van der Waals surface area (Å²) in [5.41, 5.74) is -2.57. The van der Waals surface area contributed by atoms with Crippen LogP contribution in [0.1, 0.15) is 66.2 Å². The van der Waals surface area contributed by atoms with Crippen LogP contribution in [0.2, 0.25) is 0 Å². The summed E-state index contributed by atoms with van der Waals surface area (Å²) in [6.45, 7) is 5.96. The Morgan fingerprint density at radius 2 is 1.89 bits per heavy atom. The fraction of sp³-hybridized carbons (Fsp3) is 0.538. The highest BCUT2D eigenvalue weighted by molar-refractivity contribution is 7.91. The third kappa shape index (κ3) is 10.0. The second-order valence-corrected chi connectivity index (χ2v) is 17.5. The molecule has 57 heavy (non-hydrogen) atoms. The van der Waals surface area contributed by atoms with Crippen LogP contribution >= 0.6 is 0 Å². The van der Waals surface area contributed by atoms with E-state index < -0.39 is 93.2 Å². The van der Waals surface area contributed by atoms with Gasteiger partial charge in [0.1, 0.15) is 35.1 Å². The highest BCUT2D eigenvalue weighted by Gasteiger charge is 2.62. The number of alkyl carbamates (subject to hydrolysis) is 1. The molecule has 0 radical (unpaired) electrons. The summed E-state index contributed by atoms with van der Waals surface area (Å²) >= 11 is 0. The number of sulfonamides is 1. The molecular formula is C39H49N5O12S. The Kier molecular flexibility index (Phi) is 12.1. The van der Waals surface area contributed by atoms with E-state index in [9.17, 15) is 32.4 Å². The molecule has 1 aromatic carbocycles. The summed E-state index contributed by atoms with van der Waals surface area (Å²) in [7, 11) is -2.43. The first kappa shape index (κ1) is 41.4. The number of fused-ring (bicyclic) bond motifs is 3. The maximum absolute atomic E-state index is 14.6. The molecule has 2 aromatic rings. The summed E-state index contributed by atoms with van der Waals surface area (Å²) < 4.78 is 56.6. The van der Waals surface area contributed by atoms with Gasteiger partial charge in [0.25, 0.3) is 5.91 Å². The number of rotatable bonds is 9. The van der Waals surface area contributed by atoms with Crippen molar-refractivity contribution in [2.75, 3.05) is 20.3 Å². The van der Waals surface area contributed by atoms with Gasteiger partial charge in [0.2, 0.25) is 34.0 Å². The molecule has 1 aromatic heterocycles. The van der Waals surface area contributed by atoms with Crippen LogP contribution in [0.5, 0.6) is 11.6 Å². The van der Waals surface area contributed by atoms with E-state index in [1.807, 2.05) is 6.07 Å². The zero-order valence-corrected chi connectivity index (χ0v) is 33.3. The van der Waals surface area contributed by atoms with Gasteiger partial charge in [-0.15, -0.1) is 0 Å². The number of benzene rings is 1. The van der Waals surface area contributed by atoms with Crippen molar-refractivity contribution in [2.24, 2.45) is 5.92 Å². The van der Waals surface area contributed by atoms with Gasteiger partial charge in [-0.2, -0.15) is 0 Å². The number of nitrogens with one attached hydrogen (secondary N) is 3. The average Bonchev–Trinajstić information content (AvgIpc) is 4.07. The van der Waals surface area contributed by atoms with E-state index in [0.29, 0.717) is 24.0 Å². The lowest BCUT2D eigenvalue weighted by atomic mass is 10.1. The van der Waals surface area contributed by atoms with Crippen LogP contribution < -0.4 is 24.8 Å². The minimum Gasteiger partial charge on any atom is -0.497 e. The first-order valence-electron chi connectivity index (χ1n) is 18.9. The number of carbonyl (C=O) groups is 5. The third-order valence-electron chi connectivity index (χ3n) is 9.95. The summed E-state index contributed by atoms with van der Waals surface area (Å²) in [5.74, 6) is -2.80. The molecule has 2 saturated carbocycles. The molecule has 4 aliphatic rings. The molecule has 3 fully saturated rings. The fourth-order valence-corrected chi connectivity index (χ4v) is 8.22. The van der Waals surface area contributed by atoms with E-state index in [0.717, 1.165) is 5.39 Å². The average molecular weight is 812 g/mol. The van der Waals surface area contributed by atoms with Crippen molar-refractivity contribution >= 4 is 50.6 Å². The number of allylic oxidation sites excluding steroid dienone is 2. The molecule has 308 valence electrons. The number of ether oxygens (including phenoxy) is 5. The van der Waals surface area contributed by atoms with Crippen LogP contribution in [-0.2, 0) is 43.4 Å². The van der Waals surface area contributed by atoms with Crippen LogP contribution in [0.25, 0.3) is 10.8 Å². The van der Waals surface area contributed by atoms with Crippen molar-refractivity contribution < 1.29 is 56.1 Å². The Morgan fingerprint density at radius 3 is 2.60 bits per heavy atom. The SMILES string of the molecule is C/C=C/C(=O)OC1CC/C=C\C2C[C@@]2(C(=O)NS(=O)(=O)C2CC2)NC(=O)[C@@H]2C[C@@H](Oc3nccc4cc(OC)ccc34)CN2C(=O)[C@@H](NC(=O)OC(C)(C)C)CO1. The van der Waals surface area contributed by atoms with Gasteiger partial charge >= 0.3 is 12.1 Å². The first-order valence-corrected chi connectivity index (χ1v) is 20.5. The number of hydrogen-bond acceptors (Lipinski definition) is 13. The molecular weight excluding hydrogens is 763 g/mol. The molecule has 2 aliphatic heterocycles. The minimum atomic E-state index is -3.98. The van der Waals surface area contributed by atoms with Gasteiger partial charge in [0.05, 0.1) is 25.5 Å². The number of nitrogens with zero attached hydrogens (tertiary/aromatic N) is 2. The number of hydrogen-bond donors (Lipinski definition) is 3. The second-order valence-electron chi connectivity index (χ2n) is 15.5. The van der Waals surface area contributed by atoms with Gasteiger partial charge in [0.15, 0.2) is 0 Å². The predicted molar refractivity (Wildman–Crippen MR) is 204 cm³/mol. The smallest absolute Gasteiger partial charge is 0.408 e. The molecule has 2 aliphatic carbocycles. The Hall–Kier alpha value is -5.23. The number of esters is 1. The fourth-order valence-electron chi connectivity index (χ4n) is 6.85. The third-order valence-corrected chi connectivity index (χ3v) is 11.8. The van der Waals surface area contributed by atoms with Gasteiger partial charge in [-0.25, -0.2) is 23.0 Å². The number of amides is 4. The molecule has 4 amide bonds. The van der Waals surface area contributed by atoms with Crippen LogP contribution in [0.4, 0.5) is 4.79 Å². The van der Waals surface area contributed by atoms with E-state index in [2.05, 4.69) is 20.3 Å². The van der Waals surface area contributed by atoms with E-state index >= 15 is 0 Å². The van der Waals surface area contributed by atoms with Gasteiger partial charge in [0, 0.05) is 36.4 Å². The molecule has 3 heterocycles. The Morgan fingerprint density at radius 1 is 1.12 bits per heavy atom. The van der Waals surface area contributed by atoms with E-state index in [1.54, 1.807) is 71.4 Å². The van der Waals surface area contributed by atoms with Crippen LogP contribution in [0.15, 0.2) is 54.8 Å². The summed E-state index contributed by atoms with van der Waals surface area (Å²) in [6, 6.07) is 4.41. The van der Waals surface area contributed by atoms with Crippen molar-refractivity contribution in [1.29, 1.82) is 0 Å². The monoisotopic (exact) mass is 811 g/mol. The standard InChI is InChI=1S/C39H49N5O12S/c1-6-9-31(45)55-32-11-8-7-10-24-20-39(24,36(48)43-57(50,51)27-13-14-27)42-33(46)30-19-26(54-34-28-15-12-25(52-5)18-23(28)16-17-40-34)21-44(30)35(47)29(22-53-32)41-37(49)56-38(2,3)4/h6-7,9-10,12,15-18,24,26-27,29-30,32H,8,11,13-14,19-22H2,1-5H3,(H,41,49)(H,42,46)(H,43,48)/b9-6+,10-7-/t24?,26-,29+,30+,32?,39-/m1/s1. The molecule has 0 spiro atoms.